The first kappa shape index (κ1) is 26.2. The third-order valence-electron chi connectivity index (χ3n) is 6.37. The monoisotopic (exact) mass is 523 g/mol. The molecule has 1 aliphatic rings. The van der Waals surface area contributed by atoms with Crippen LogP contribution in [0, 0.1) is 0 Å². The Labute approximate surface area is 221 Å². The molecule has 37 heavy (non-hydrogen) atoms. The Bertz CT molecular complexity index is 1230. The molecule has 10 heteroatoms. The van der Waals surface area contributed by atoms with Crippen LogP contribution in [0.15, 0.2) is 54.6 Å². The zero-order valence-corrected chi connectivity index (χ0v) is 21.9. The first-order chi connectivity index (χ1) is 17.9. The van der Waals surface area contributed by atoms with Gasteiger partial charge in [-0.05, 0) is 61.5 Å². The van der Waals surface area contributed by atoms with E-state index < -0.39 is 0 Å². The van der Waals surface area contributed by atoms with Crippen molar-refractivity contribution < 1.29 is 19.1 Å². The summed E-state index contributed by atoms with van der Waals surface area (Å²) in [5.74, 6) is 1.78. The Morgan fingerprint density at radius 3 is 2.22 bits per heavy atom. The van der Waals surface area contributed by atoms with E-state index in [1.807, 2.05) is 37.3 Å². The Kier molecular flexibility index (Phi) is 8.45. The summed E-state index contributed by atoms with van der Waals surface area (Å²) in [5.41, 5.74) is 2.11. The van der Waals surface area contributed by atoms with Crippen molar-refractivity contribution in [2.75, 3.05) is 58.4 Å². The summed E-state index contributed by atoms with van der Waals surface area (Å²) >= 11 is 5.92. The zero-order valence-electron chi connectivity index (χ0n) is 21.2. The SMILES string of the molecule is CCN(CC(=O)N1CCN(c2ccc(-c3ccc(OC)c(OC)c3)nn2)CC1)C(=O)c1ccc(Cl)cc1. The fraction of sp³-hybridized carbons (Fsp3) is 0.333. The number of hydrogen-bond donors (Lipinski definition) is 0. The lowest BCUT2D eigenvalue weighted by atomic mass is 10.1. The minimum absolute atomic E-state index is 0.0395. The highest BCUT2D eigenvalue weighted by atomic mass is 35.5. The van der Waals surface area contributed by atoms with Crippen molar-refractivity contribution in [1.29, 1.82) is 0 Å². The molecular formula is C27H30ClN5O4. The second-order valence-electron chi connectivity index (χ2n) is 8.54. The van der Waals surface area contributed by atoms with Crippen LogP contribution in [-0.2, 0) is 4.79 Å². The maximum absolute atomic E-state index is 12.9. The van der Waals surface area contributed by atoms with Crippen LogP contribution in [0.25, 0.3) is 11.3 Å². The summed E-state index contributed by atoms with van der Waals surface area (Å²) < 4.78 is 10.7. The number of likely N-dealkylation sites (N-methyl/N-ethyl adjacent to an activating group) is 1. The van der Waals surface area contributed by atoms with Gasteiger partial charge in [-0.1, -0.05) is 11.6 Å². The number of amides is 2. The lowest BCUT2D eigenvalue weighted by Gasteiger charge is -2.36. The van der Waals surface area contributed by atoms with Gasteiger partial charge in [-0.3, -0.25) is 9.59 Å². The number of halogens is 1. The summed E-state index contributed by atoms with van der Waals surface area (Å²) in [6.45, 7) is 4.70. The van der Waals surface area contributed by atoms with Gasteiger partial charge >= 0.3 is 0 Å². The van der Waals surface area contributed by atoms with E-state index >= 15 is 0 Å². The van der Waals surface area contributed by atoms with E-state index in [1.165, 1.54) is 0 Å². The number of hydrogen-bond acceptors (Lipinski definition) is 7. The topological polar surface area (TPSA) is 88.1 Å². The summed E-state index contributed by atoms with van der Waals surface area (Å²) in [6, 6.07) is 16.2. The van der Waals surface area contributed by atoms with Crippen LogP contribution >= 0.6 is 11.6 Å². The number of carbonyl (C=O) groups is 2. The maximum Gasteiger partial charge on any atom is 0.254 e. The fourth-order valence-electron chi connectivity index (χ4n) is 4.19. The van der Waals surface area contributed by atoms with Crippen molar-refractivity contribution in [2.24, 2.45) is 0 Å². The van der Waals surface area contributed by atoms with Gasteiger partial charge in [0.25, 0.3) is 5.91 Å². The van der Waals surface area contributed by atoms with Crippen LogP contribution in [-0.4, -0.2) is 85.3 Å². The molecule has 0 aliphatic carbocycles. The highest BCUT2D eigenvalue weighted by Gasteiger charge is 2.25. The van der Waals surface area contributed by atoms with Gasteiger partial charge in [0.05, 0.1) is 19.9 Å². The molecule has 1 fully saturated rings. The summed E-state index contributed by atoms with van der Waals surface area (Å²) in [6.07, 6.45) is 0. The van der Waals surface area contributed by atoms with E-state index in [2.05, 4.69) is 15.1 Å². The van der Waals surface area contributed by atoms with E-state index in [0.29, 0.717) is 54.8 Å². The molecule has 194 valence electrons. The Hall–Kier alpha value is -3.85. The van der Waals surface area contributed by atoms with Gasteiger partial charge in [0.1, 0.15) is 6.54 Å². The molecule has 0 N–H and O–H groups in total. The van der Waals surface area contributed by atoms with Gasteiger partial charge < -0.3 is 24.2 Å². The van der Waals surface area contributed by atoms with Gasteiger partial charge in [0.2, 0.25) is 5.91 Å². The second-order valence-corrected chi connectivity index (χ2v) is 8.98. The molecule has 3 aromatic rings. The third kappa shape index (κ3) is 6.11. The average Bonchev–Trinajstić information content (AvgIpc) is 2.95. The molecule has 0 saturated carbocycles. The summed E-state index contributed by atoms with van der Waals surface area (Å²) in [7, 11) is 3.19. The number of aromatic nitrogens is 2. The molecule has 9 nitrogen and oxygen atoms in total. The molecule has 1 aromatic heterocycles. The van der Waals surface area contributed by atoms with Gasteiger partial charge in [0, 0.05) is 48.9 Å². The number of methoxy groups -OCH3 is 2. The number of ether oxygens (including phenoxy) is 2. The molecule has 1 saturated heterocycles. The smallest absolute Gasteiger partial charge is 0.254 e. The largest absolute Gasteiger partial charge is 0.493 e. The number of piperazine rings is 1. The van der Waals surface area contributed by atoms with Crippen molar-refractivity contribution in [3.63, 3.8) is 0 Å². The molecule has 0 unspecified atom stereocenters. The quantitative estimate of drug-likeness (QED) is 0.445. The van der Waals surface area contributed by atoms with Crippen molar-refractivity contribution >= 4 is 29.2 Å². The molecule has 0 atom stereocenters. The Balaban J connectivity index is 1.33. The lowest BCUT2D eigenvalue weighted by molar-refractivity contribution is -0.132. The Morgan fingerprint density at radius 2 is 1.62 bits per heavy atom. The van der Waals surface area contributed by atoms with E-state index in [4.69, 9.17) is 21.1 Å². The number of rotatable bonds is 8. The molecule has 2 amide bonds. The molecule has 0 spiro atoms. The van der Waals surface area contributed by atoms with Crippen LogP contribution in [0.5, 0.6) is 11.5 Å². The van der Waals surface area contributed by atoms with E-state index in [1.54, 1.807) is 48.3 Å². The molecule has 4 rings (SSSR count). The van der Waals surface area contributed by atoms with Gasteiger partial charge in [-0.2, -0.15) is 0 Å². The molecule has 0 bridgehead atoms. The first-order valence-electron chi connectivity index (χ1n) is 12.1. The molecular weight excluding hydrogens is 494 g/mol. The second kappa shape index (κ2) is 11.9. The highest BCUT2D eigenvalue weighted by Crippen LogP contribution is 2.31. The third-order valence-corrected chi connectivity index (χ3v) is 6.62. The van der Waals surface area contributed by atoms with Crippen molar-refractivity contribution in [2.45, 2.75) is 6.92 Å². The van der Waals surface area contributed by atoms with Gasteiger partial charge in [0.15, 0.2) is 17.3 Å². The number of nitrogens with zero attached hydrogens (tertiary/aromatic N) is 5. The van der Waals surface area contributed by atoms with Crippen molar-refractivity contribution in [3.05, 3.63) is 65.2 Å². The van der Waals surface area contributed by atoms with E-state index in [9.17, 15) is 9.59 Å². The van der Waals surface area contributed by atoms with Crippen LogP contribution < -0.4 is 14.4 Å². The zero-order chi connectivity index (χ0) is 26.4. The van der Waals surface area contributed by atoms with Crippen LogP contribution in [0.3, 0.4) is 0 Å². The maximum atomic E-state index is 12.9. The van der Waals surface area contributed by atoms with Crippen molar-refractivity contribution in [3.8, 4) is 22.8 Å². The number of carbonyl (C=O) groups excluding carboxylic acids is 2. The van der Waals surface area contributed by atoms with Crippen molar-refractivity contribution in [1.82, 2.24) is 20.0 Å². The fourth-order valence-corrected chi connectivity index (χ4v) is 4.32. The van der Waals surface area contributed by atoms with E-state index in [0.717, 1.165) is 17.1 Å². The predicted octanol–water partition coefficient (Wildman–Crippen LogP) is 3.63. The Morgan fingerprint density at radius 1 is 0.919 bits per heavy atom. The van der Waals surface area contributed by atoms with E-state index in [-0.39, 0.29) is 18.4 Å². The normalized spacial score (nSPS) is 13.3. The molecule has 1 aliphatic heterocycles. The van der Waals surface area contributed by atoms with Crippen LogP contribution in [0.1, 0.15) is 17.3 Å². The summed E-state index contributed by atoms with van der Waals surface area (Å²) in [4.78, 5) is 31.2. The summed E-state index contributed by atoms with van der Waals surface area (Å²) in [5, 5.41) is 9.37. The average molecular weight is 524 g/mol. The molecule has 2 aromatic carbocycles. The molecule has 0 radical (unpaired) electrons. The minimum Gasteiger partial charge on any atom is -0.493 e. The number of anilines is 1. The first-order valence-corrected chi connectivity index (χ1v) is 12.4. The van der Waals surface area contributed by atoms with Crippen LogP contribution in [0.2, 0.25) is 5.02 Å². The number of benzene rings is 2. The highest BCUT2D eigenvalue weighted by molar-refractivity contribution is 6.30. The minimum atomic E-state index is -0.184. The van der Waals surface area contributed by atoms with Gasteiger partial charge in [-0.15, -0.1) is 10.2 Å². The standard InChI is InChI=1S/C27H30ClN5O4/c1-4-31(27(35)19-5-8-21(28)9-6-19)18-26(34)33-15-13-32(14-16-33)25-12-10-22(29-30-25)20-7-11-23(36-2)24(17-20)37-3/h5-12,17H,4,13-16,18H2,1-3H3. The van der Waals surface area contributed by atoms with Gasteiger partial charge in [-0.25, -0.2) is 0 Å². The predicted molar refractivity (Wildman–Crippen MR) is 142 cm³/mol. The molecule has 2 heterocycles. The van der Waals surface area contributed by atoms with Crippen LogP contribution in [0.4, 0.5) is 5.82 Å². The lowest BCUT2D eigenvalue weighted by Crippen LogP contribution is -2.52.